The van der Waals surface area contributed by atoms with Crippen molar-refractivity contribution < 1.29 is 9.59 Å². The molecule has 2 aromatic carbocycles. The molecule has 156 valence electrons. The van der Waals surface area contributed by atoms with Crippen LogP contribution < -0.4 is 10.9 Å². The van der Waals surface area contributed by atoms with Crippen molar-refractivity contribution in [3.8, 4) is 0 Å². The third-order valence-electron chi connectivity index (χ3n) is 4.42. The Morgan fingerprint density at radius 3 is 2.67 bits per heavy atom. The number of halogens is 2. The SMILES string of the molecule is CCCN(Cc1nc2cc(Cl)ccc2c(=O)[nH]1)C(=O)CNC(=O)c1ccccc1Cl. The van der Waals surface area contributed by atoms with Crippen LogP contribution in [0, 0.1) is 0 Å². The highest BCUT2D eigenvalue weighted by Crippen LogP contribution is 2.16. The molecule has 0 saturated carbocycles. The fourth-order valence-corrected chi connectivity index (χ4v) is 3.37. The Bertz CT molecular complexity index is 1150. The molecule has 0 aliphatic rings. The van der Waals surface area contributed by atoms with Gasteiger partial charge in [0.1, 0.15) is 5.82 Å². The van der Waals surface area contributed by atoms with Gasteiger partial charge in [-0.3, -0.25) is 14.4 Å². The lowest BCUT2D eigenvalue weighted by Crippen LogP contribution is -2.40. The second-order valence-electron chi connectivity index (χ2n) is 6.65. The molecule has 3 aromatic rings. The molecule has 0 aliphatic heterocycles. The van der Waals surface area contributed by atoms with Crippen LogP contribution in [-0.2, 0) is 11.3 Å². The molecule has 0 unspecified atom stereocenters. The van der Waals surface area contributed by atoms with Crippen molar-refractivity contribution in [3.63, 3.8) is 0 Å². The van der Waals surface area contributed by atoms with Gasteiger partial charge in [0.05, 0.1) is 34.6 Å². The van der Waals surface area contributed by atoms with Crippen LogP contribution in [0.5, 0.6) is 0 Å². The lowest BCUT2D eigenvalue weighted by Gasteiger charge is -2.22. The normalized spacial score (nSPS) is 10.8. The number of rotatable bonds is 7. The summed E-state index contributed by atoms with van der Waals surface area (Å²) >= 11 is 12.0. The smallest absolute Gasteiger partial charge is 0.258 e. The summed E-state index contributed by atoms with van der Waals surface area (Å²) in [5.74, 6) is -0.391. The van der Waals surface area contributed by atoms with Crippen LogP contribution in [-0.4, -0.2) is 39.8 Å². The number of hydrogen-bond acceptors (Lipinski definition) is 4. The van der Waals surface area contributed by atoms with Gasteiger partial charge in [-0.25, -0.2) is 4.98 Å². The number of aromatic nitrogens is 2. The van der Waals surface area contributed by atoms with Gasteiger partial charge >= 0.3 is 0 Å². The highest BCUT2D eigenvalue weighted by atomic mass is 35.5. The van der Waals surface area contributed by atoms with Crippen LogP contribution in [0.1, 0.15) is 29.5 Å². The van der Waals surface area contributed by atoms with Crippen LogP contribution in [0.25, 0.3) is 10.9 Å². The molecule has 30 heavy (non-hydrogen) atoms. The first kappa shape index (κ1) is 21.8. The number of carbonyl (C=O) groups excluding carboxylic acids is 2. The van der Waals surface area contributed by atoms with Crippen LogP contribution in [0.15, 0.2) is 47.3 Å². The second kappa shape index (κ2) is 9.73. The van der Waals surface area contributed by atoms with Gasteiger partial charge < -0.3 is 15.2 Å². The zero-order valence-electron chi connectivity index (χ0n) is 16.2. The van der Waals surface area contributed by atoms with Crippen molar-refractivity contribution in [1.29, 1.82) is 0 Å². The van der Waals surface area contributed by atoms with Crippen molar-refractivity contribution in [2.24, 2.45) is 0 Å². The monoisotopic (exact) mass is 446 g/mol. The van der Waals surface area contributed by atoms with E-state index in [1.807, 2.05) is 6.92 Å². The topological polar surface area (TPSA) is 95.2 Å². The molecule has 2 N–H and O–H groups in total. The molecule has 0 fully saturated rings. The van der Waals surface area contributed by atoms with Crippen molar-refractivity contribution in [3.05, 3.63) is 74.3 Å². The number of amides is 2. The number of aromatic amines is 1. The van der Waals surface area contributed by atoms with Crippen LogP contribution in [0.4, 0.5) is 0 Å². The quantitative estimate of drug-likeness (QED) is 0.581. The molecule has 1 heterocycles. The number of hydrogen-bond donors (Lipinski definition) is 2. The minimum absolute atomic E-state index is 0.104. The summed E-state index contributed by atoms with van der Waals surface area (Å²) in [5.41, 5.74) is 0.450. The first-order valence-electron chi connectivity index (χ1n) is 9.38. The first-order chi connectivity index (χ1) is 14.4. The van der Waals surface area contributed by atoms with Crippen molar-refractivity contribution in [2.75, 3.05) is 13.1 Å². The molecular formula is C21H20Cl2N4O3. The Kier molecular flexibility index (Phi) is 7.07. The lowest BCUT2D eigenvalue weighted by atomic mass is 10.2. The van der Waals surface area contributed by atoms with E-state index in [1.54, 1.807) is 42.5 Å². The summed E-state index contributed by atoms with van der Waals surface area (Å²) in [6.45, 7) is 2.27. The van der Waals surface area contributed by atoms with E-state index in [2.05, 4.69) is 15.3 Å². The fourth-order valence-electron chi connectivity index (χ4n) is 2.99. The minimum atomic E-state index is -0.433. The van der Waals surface area contributed by atoms with Crippen molar-refractivity contribution >= 4 is 45.9 Å². The lowest BCUT2D eigenvalue weighted by molar-refractivity contribution is -0.130. The van der Waals surface area contributed by atoms with Crippen LogP contribution in [0.2, 0.25) is 10.0 Å². The van der Waals surface area contributed by atoms with E-state index < -0.39 is 5.91 Å². The van der Waals surface area contributed by atoms with Crippen LogP contribution in [0.3, 0.4) is 0 Å². The van der Waals surface area contributed by atoms with Gasteiger partial charge in [0.25, 0.3) is 11.5 Å². The maximum Gasteiger partial charge on any atom is 0.258 e. The standard InChI is InChI=1S/C21H20Cl2N4O3/c1-2-9-27(19(28)11-24-20(29)14-5-3-4-6-16(14)23)12-18-25-17-10-13(22)7-8-15(17)21(30)26-18/h3-8,10H,2,9,11-12H2,1H3,(H,24,29)(H,25,26,30). The third-order valence-corrected chi connectivity index (χ3v) is 4.99. The predicted molar refractivity (Wildman–Crippen MR) is 117 cm³/mol. The summed E-state index contributed by atoms with van der Waals surface area (Å²) in [6.07, 6.45) is 0.702. The largest absolute Gasteiger partial charge is 0.343 e. The summed E-state index contributed by atoms with van der Waals surface area (Å²) < 4.78 is 0. The Morgan fingerprint density at radius 1 is 1.17 bits per heavy atom. The summed E-state index contributed by atoms with van der Waals surface area (Å²) in [5, 5.41) is 3.79. The van der Waals surface area contributed by atoms with E-state index in [0.717, 1.165) is 0 Å². The number of fused-ring (bicyclic) bond motifs is 1. The predicted octanol–water partition coefficient (Wildman–Crippen LogP) is 3.40. The summed E-state index contributed by atoms with van der Waals surface area (Å²) in [6, 6.07) is 11.4. The second-order valence-corrected chi connectivity index (χ2v) is 7.50. The zero-order chi connectivity index (χ0) is 21.7. The molecular weight excluding hydrogens is 427 g/mol. The molecule has 3 rings (SSSR count). The Labute approximate surface area is 183 Å². The van der Waals surface area contributed by atoms with Gasteiger partial charge in [0, 0.05) is 11.6 Å². The summed E-state index contributed by atoms with van der Waals surface area (Å²) in [7, 11) is 0. The van der Waals surface area contributed by atoms with E-state index in [0.29, 0.717) is 45.3 Å². The van der Waals surface area contributed by atoms with Crippen LogP contribution >= 0.6 is 23.2 Å². The molecule has 0 radical (unpaired) electrons. The molecule has 7 nitrogen and oxygen atoms in total. The fraction of sp³-hybridized carbons (Fsp3) is 0.238. The molecule has 0 spiro atoms. The maximum absolute atomic E-state index is 12.7. The average molecular weight is 447 g/mol. The van der Waals surface area contributed by atoms with E-state index in [9.17, 15) is 14.4 Å². The highest BCUT2D eigenvalue weighted by Gasteiger charge is 2.17. The zero-order valence-corrected chi connectivity index (χ0v) is 17.8. The molecule has 9 heteroatoms. The Balaban J connectivity index is 1.73. The van der Waals surface area contributed by atoms with Gasteiger partial charge in [-0.1, -0.05) is 42.3 Å². The third kappa shape index (κ3) is 5.17. The highest BCUT2D eigenvalue weighted by molar-refractivity contribution is 6.33. The molecule has 0 atom stereocenters. The minimum Gasteiger partial charge on any atom is -0.343 e. The molecule has 0 saturated heterocycles. The molecule has 2 amide bonds. The van der Waals surface area contributed by atoms with Gasteiger partial charge in [0.15, 0.2) is 0 Å². The maximum atomic E-state index is 12.7. The molecule has 0 bridgehead atoms. The molecule has 0 aliphatic carbocycles. The van der Waals surface area contributed by atoms with E-state index >= 15 is 0 Å². The average Bonchev–Trinajstić information content (AvgIpc) is 2.71. The Morgan fingerprint density at radius 2 is 1.93 bits per heavy atom. The number of H-pyrrole nitrogens is 1. The number of benzene rings is 2. The number of nitrogens with one attached hydrogen (secondary N) is 2. The van der Waals surface area contributed by atoms with Crippen molar-refractivity contribution in [1.82, 2.24) is 20.2 Å². The van der Waals surface area contributed by atoms with E-state index in [-0.39, 0.29) is 24.6 Å². The first-order valence-corrected chi connectivity index (χ1v) is 10.1. The van der Waals surface area contributed by atoms with E-state index in [1.165, 1.54) is 4.90 Å². The number of carbonyl (C=O) groups is 2. The number of nitrogens with zero attached hydrogens (tertiary/aromatic N) is 2. The van der Waals surface area contributed by atoms with Gasteiger partial charge in [-0.05, 0) is 36.8 Å². The van der Waals surface area contributed by atoms with Gasteiger partial charge in [-0.15, -0.1) is 0 Å². The summed E-state index contributed by atoms with van der Waals surface area (Å²) in [4.78, 5) is 46.0. The Hall–Kier alpha value is -2.90. The molecule has 1 aromatic heterocycles. The van der Waals surface area contributed by atoms with Crippen molar-refractivity contribution in [2.45, 2.75) is 19.9 Å². The van der Waals surface area contributed by atoms with Gasteiger partial charge in [-0.2, -0.15) is 0 Å². The van der Waals surface area contributed by atoms with E-state index in [4.69, 9.17) is 23.2 Å². The van der Waals surface area contributed by atoms with Gasteiger partial charge in [0.2, 0.25) is 5.91 Å².